The molecule has 5 heteroatoms. The topological polar surface area (TPSA) is 25.8 Å². The van der Waals surface area contributed by atoms with E-state index in [9.17, 15) is 0 Å². The number of benzene rings is 3. The molecule has 27 heavy (non-hydrogen) atoms. The van der Waals surface area contributed by atoms with Crippen molar-refractivity contribution in [3.8, 4) is 11.3 Å². The third-order valence-corrected chi connectivity index (χ3v) is 7.32. The first-order valence-corrected chi connectivity index (χ1v) is 10.6. The predicted octanol–water partition coefficient (Wildman–Crippen LogP) is 7.53. The van der Waals surface area contributed by atoms with Gasteiger partial charge in [-0.1, -0.05) is 48.5 Å². The van der Waals surface area contributed by atoms with Crippen LogP contribution in [0.15, 0.2) is 66.7 Å². The van der Waals surface area contributed by atoms with Crippen molar-refractivity contribution < 1.29 is 0 Å². The van der Waals surface area contributed by atoms with Gasteiger partial charge in [0.25, 0.3) is 0 Å². The normalized spacial score (nSPS) is 11.9. The highest BCUT2D eigenvalue weighted by Crippen LogP contribution is 2.44. The van der Waals surface area contributed by atoms with Crippen molar-refractivity contribution in [2.75, 3.05) is 0 Å². The SMILES string of the molecule is Clc1nc(-c2cccc3sc4ccccc4c23)c2sc3ccccc3c2n1. The molecule has 0 saturated carbocycles. The van der Waals surface area contributed by atoms with Crippen LogP contribution in [-0.4, -0.2) is 9.97 Å². The number of halogens is 1. The van der Waals surface area contributed by atoms with Crippen LogP contribution in [0.3, 0.4) is 0 Å². The molecule has 3 aromatic carbocycles. The molecule has 2 nitrogen and oxygen atoms in total. The average molecular weight is 403 g/mol. The number of thiophene rings is 2. The van der Waals surface area contributed by atoms with Crippen LogP contribution in [0.5, 0.6) is 0 Å². The van der Waals surface area contributed by atoms with Gasteiger partial charge < -0.3 is 0 Å². The Balaban J connectivity index is 1.81. The lowest BCUT2D eigenvalue weighted by molar-refractivity contribution is 1.24. The predicted molar refractivity (Wildman–Crippen MR) is 118 cm³/mol. The van der Waals surface area contributed by atoms with E-state index in [0.29, 0.717) is 0 Å². The summed E-state index contributed by atoms with van der Waals surface area (Å²) in [6, 6.07) is 23.3. The molecule has 0 saturated heterocycles. The Morgan fingerprint density at radius 2 is 1.37 bits per heavy atom. The van der Waals surface area contributed by atoms with Crippen LogP contribution in [-0.2, 0) is 0 Å². The minimum atomic E-state index is 0.289. The van der Waals surface area contributed by atoms with Crippen LogP contribution in [0.25, 0.3) is 51.7 Å². The summed E-state index contributed by atoms with van der Waals surface area (Å²) in [6.45, 7) is 0. The van der Waals surface area contributed by atoms with Crippen molar-refractivity contribution in [3.63, 3.8) is 0 Å². The summed E-state index contributed by atoms with van der Waals surface area (Å²) in [6.07, 6.45) is 0. The van der Waals surface area contributed by atoms with Gasteiger partial charge in [-0.3, -0.25) is 0 Å². The zero-order chi connectivity index (χ0) is 18.0. The van der Waals surface area contributed by atoms with Gasteiger partial charge in [0.1, 0.15) is 0 Å². The molecule has 0 unspecified atom stereocenters. The van der Waals surface area contributed by atoms with E-state index in [0.717, 1.165) is 26.9 Å². The van der Waals surface area contributed by atoms with E-state index < -0.39 is 0 Å². The molecule has 0 spiro atoms. The van der Waals surface area contributed by atoms with E-state index in [2.05, 4.69) is 70.6 Å². The maximum atomic E-state index is 6.36. The molecule has 0 bridgehead atoms. The lowest BCUT2D eigenvalue weighted by Gasteiger charge is -2.06. The lowest BCUT2D eigenvalue weighted by atomic mass is 10.0. The van der Waals surface area contributed by atoms with E-state index in [4.69, 9.17) is 11.6 Å². The van der Waals surface area contributed by atoms with E-state index in [1.807, 2.05) is 17.4 Å². The van der Waals surface area contributed by atoms with Crippen molar-refractivity contribution in [1.82, 2.24) is 9.97 Å². The Morgan fingerprint density at radius 1 is 0.667 bits per heavy atom. The van der Waals surface area contributed by atoms with E-state index in [-0.39, 0.29) is 5.28 Å². The van der Waals surface area contributed by atoms with Gasteiger partial charge in [-0.05, 0) is 29.8 Å². The molecule has 6 rings (SSSR count). The summed E-state index contributed by atoms with van der Waals surface area (Å²) in [5, 5.41) is 3.92. The lowest BCUT2D eigenvalue weighted by Crippen LogP contribution is -1.89. The minimum absolute atomic E-state index is 0.289. The molecule has 0 aliphatic carbocycles. The van der Waals surface area contributed by atoms with Gasteiger partial charge in [0.2, 0.25) is 5.28 Å². The summed E-state index contributed by atoms with van der Waals surface area (Å²) in [4.78, 5) is 9.22. The Kier molecular flexibility index (Phi) is 3.29. The molecule has 0 radical (unpaired) electrons. The van der Waals surface area contributed by atoms with E-state index in [1.54, 1.807) is 11.3 Å². The largest absolute Gasteiger partial charge is 0.223 e. The van der Waals surface area contributed by atoms with Gasteiger partial charge in [0.15, 0.2) is 0 Å². The molecular weight excluding hydrogens is 392 g/mol. The first kappa shape index (κ1) is 15.5. The molecule has 0 fully saturated rings. The fraction of sp³-hybridized carbons (Fsp3) is 0. The molecule has 128 valence electrons. The van der Waals surface area contributed by atoms with Crippen LogP contribution >= 0.6 is 34.3 Å². The first-order valence-electron chi connectivity index (χ1n) is 8.55. The number of aromatic nitrogens is 2. The number of nitrogens with zero attached hydrogens (tertiary/aromatic N) is 2. The van der Waals surface area contributed by atoms with Gasteiger partial charge in [0, 0.05) is 35.8 Å². The molecule has 0 atom stereocenters. The third kappa shape index (κ3) is 2.24. The van der Waals surface area contributed by atoms with Gasteiger partial charge in [-0.2, -0.15) is 0 Å². The smallest absolute Gasteiger partial charge is 0.216 e. The van der Waals surface area contributed by atoms with Crippen LogP contribution in [0, 0.1) is 0 Å². The molecular formula is C22H11ClN2S2. The Hall–Kier alpha value is -2.53. The van der Waals surface area contributed by atoms with Crippen LogP contribution in [0.1, 0.15) is 0 Å². The second kappa shape index (κ2) is 5.73. The highest BCUT2D eigenvalue weighted by molar-refractivity contribution is 7.26. The van der Waals surface area contributed by atoms with Gasteiger partial charge in [-0.25, -0.2) is 9.97 Å². The van der Waals surface area contributed by atoms with Crippen LogP contribution < -0.4 is 0 Å². The second-order valence-corrected chi connectivity index (χ2v) is 8.87. The monoisotopic (exact) mass is 402 g/mol. The van der Waals surface area contributed by atoms with Crippen molar-refractivity contribution in [3.05, 3.63) is 72.0 Å². The number of rotatable bonds is 1. The Labute approximate surface area is 167 Å². The molecule has 6 aromatic rings. The Bertz CT molecular complexity index is 1500. The highest BCUT2D eigenvalue weighted by atomic mass is 35.5. The number of hydrogen-bond donors (Lipinski definition) is 0. The van der Waals surface area contributed by atoms with Crippen molar-refractivity contribution >= 4 is 74.7 Å². The van der Waals surface area contributed by atoms with Gasteiger partial charge in [-0.15, -0.1) is 22.7 Å². The van der Waals surface area contributed by atoms with Crippen molar-refractivity contribution in [2.45, 2.75) is 0 Å². The zero-order valence-electron chi connectivity index (χ0n) is 13.9. The van der Waals surface area contributed by atoms with Crippen molar-refractivity contribution in [1.29, 1.82) is 0 Å². The molecule has 0 amide bonds. The third-order valence-electron chi connectivity index (χ3n) is 4.85. The molecule has 0 N–H and O–H groups in total. The zero-order valence-corrected chi connectivity index (χ0v) is 16.3. The van der Waals surface area contributed by atoms with E-state index >= 15 is 0 Å². The van der Waals surface area contributed by atoms with Crippen LogP contribution in [0.2, 0.25) is 5.28 Å². The fourth-order valence-corrected chi connectivity index (χ4v) is 6.17. The molecule has 0 aliphatic rings. The first-order chi connectivity index (χ1) is 13.3. The standard InChI is InChI=1S/C22H11ClN2S2/c23-22-24-19-13-7-2-4-10-16(13)27-21(19)20(25-22)14-8-5-11-17-18(14)12-6-1-3-9-15(12)26-17/h1-11H. The van der Waals surface area contributed by atoms with E-state index in [1.165, 1.54) is 24.9 Å². The maximum Gasteiger partial charge on any atom is 0.223 e. The molecule has 3 aromatic heterocycles. The van der Waals surface area contributed by atoms with Gasteiger partial charge >= 0.3 is 0 Å². The average Bonchev–Trinajstić information content (AvgIpc) is 3.25. The summed E-state index contributed by atoms with van der Waals surface area (Å²) in [7, 11) is 0. The quantitative estimate of drug-likeness (QED) is 0.265. The number of hydrogen-bond acceptors (Lipinski definition) is 4. The molecule has 0 aliphatic heterocycles. The number of fused-ring (bicyclic) bond motifs is 6. The Morgan fingerprint density at radius 3 is 2.22 bits per heavy atom. The summed E-state index contributed by atoms with van der Waals surface area (Å²) in [5.41, 5.74) is 2.97. The maximum absolute atomic E-state index is 6.36. The fourth-order valence-electron chi connectivity index (χ4n) is 3.72. The minimum Gasteiger partial charge on any atom is -0.216 e. The summed E-state index contributed by atoms with van der Waals surface area (Å²) in [5.74, 6) is 0. The second-order valence-electron chi connectivity index (χ2n) is 6.39. The summed E-state index contributed by atoms with van der Waals surface area (Å²) >= 11 is 9.90. The van der Waals surface area contributed by atoms with Crippen molar-refractivity contribution in [2.24, 2.45) is 0 Å². The summed E-state index contributed by atoms with van der Waals surface area (Å²) < 4.78 is 4.83. The highest BCUT2D eigenvalue weighted by Gasteiger charge is 2.18. The van der Waals surface area contributed by atoms with Crippen LogP contribution in [0.4, 0.5) is 0 Å². The van der Waals surface area contributed by atoms with Gasteiger partial charge in [0.05, 0.1) is 15.9 Å². The molecule has 3 heterocycles.